The third-order valence-corrected chi connectivity index (χ3v) is 4.04. The molecule has 0 unspecified atom stereocenters. The van der Waals surface area contributed by atoms with E-state index in [1.807, 2.05) is 6.07 Å². The Morgan fingerprint density at radius 3 is 2.75 bits per heavy atom. The number of thiazole rings is 1. The van der Waals surface area contributed by atoms with Crippen molar-refractivity contribution in [3.8, 4) is 0 Å². The maximum atomic E-state index is 11.2. The summed E-state index contributed by atoms with van der Waals surface area (Å²) >= 11 is 13.0. The highest BCUT2D eigenvalue weighted by atomic mass is 35.5. The van der Waals surface area contributed by atoms with Gasteiger partial charge in [-0.3, -0.25) is 0 Å². The van der Waals surface area contributed by atoms with Crippen molar-refractivity contribution in [2.24, 2.45) is 0 Å². The van der Waals surface area contributed by atoms with Gasteiger partial charge in [0.25, 0.3) is 0 Å². The van der Waals surface area contributed by atoms with Crippen LogP contribution in [-0.2, 0) is 17.8 Å². The van der Waals surface area contributed by atoms with E-state index >= 15 is 0 Å². The van der Waals surface area contributed by atoms with Crippen molar-refractivity contribution >= 4 is 40.5 Å². The molecule has 0 aromatic carbocycles. The standard InChI is InChI=1S/C12H11Cl2N3O2S/c1-19-11(18)8-3-2-7(5-16-8)4-15-6-9-10(13)17-12(14)20-9/h2-3,5,15H,4,6H2,1H3. The lowest BCUT2D eigenvalue weighted by atomic mass is 10.2. The van der Waals surface area contributed by atoms with E-state index < -0.39 is 5.97 Å². The number of rotatable bonds is 5. The van der Waals surface area contributed by atoms with Gasteiger partial charge >= 0.3 is 5.97 Å². The van der Waals surface area contributed by atoms with Crippen LogP contribution in [0.1, 0.15) is 20.9 Å². The number of ether oxygens (including phenoxy) is 1. The fourth-order valence-electron chi connectivity index (χ4n) is 1.49. The molecule has 0 radical (unpaired) electrons. The van der Waals surface area contributed by atoms with Gasteiger partial charge in [-0.1, -0.05) is 29.3 Å². The largest absolute Gasteiger partial charge is 0.464 e. The van der Waals surface area contributed by atoms with Crippen LogP contribution in [0.4, 0.5) is 0 Å². The Morgan fingerprint density at radius 1 is 1.40 bits per heavy atom. The van der Waals surface area contributed by atoms with Crippen molar-refractivity contribution in [1.82, 2.24) is 15.3 Å². The smallest absolute Gasteiger partial charge is 0.356 e. The molecule has 106 valence electrons. The Labute approximate surface area is 129 Å². The second-order valence-electron chi connectivity index (χ2n) is 3.83. The summed E-state index contributed by atoms with van der Waals surface area (Å²) in [4.78, 5) is 20.1. The normalized spacial score (nSPS) is 10.6. The zero-order chi connectivity index (χ0) is 14.5. The fourth-order valence-corrected chi connectivity index (χ4v) is 2.86. The molecule has 0 fully saturated rings. The minimum absolute atomic E-state index is 0.286. The molecular weight excluding hydrogens is 321 g/mol. The molecule has 1 N–H and O–H groups in total. The van der Waals surface area contributed by atoms with Crippen molar-refractivity contribution in [1.29, 1.82) is 0 Å². The van der Waals surface area contributed by atoms with Gasteiger partial charge in [0.05, 0.1) is 12.0 Å². The summed E-state index contributed by atoms with van der Waals surface area (Å²) in [6.07, 6.45) is 1.63. The van der Waals surface area contributed by atoms with Crippen molar-refractivity contribution in [3.63, 3.8) is 0 Å². The quantitative estimate of drug-likeness (QED) is 0.853. The lowest BCUT2D eigenvalue weighted by Gasteiger charge is -2.04. The van der Waals surface area contributed by atoms with E-state index in [0.29, 0.717) is 22.7 Å². The fraction of sp³-hybridized carbons (Fsp3) is 0.250. The van der Waals surface area contributed by atoms with E-state index in [9.17, 15) is 4.79 Å². The van der Waals surface area contributed by atoms with Gasteiger partial charge in [0, 0.05) is 19.3 Å². The Bertz CT molecular complexity index is 601. The predicted octanol–water partition coefficient (Wildman–Crippen LogP) is 2.92. The molecule has 5 nitrogen and oxygen atoms in total. The highest BCUT2D eigenvalue weighted by molar-refractivity contribution is 7.16. The van der Waals surface area contributed by atoms with Crippen LogP contribution in [0.15, 0.2) is 18.3 Å². The second-order valence-corrected chi connectivity index (χ2v) is 5.85. The van der Waals surface area contributed by atoms with Gasteiger partial charge in [-0.2, -0.15) is 0 Å². The molecule has 2 heterocycles. The molecular formula is C12H11Cl2N3O2S. The molecule has 2 aromatic rings. The molecule has 0 bridgehead atoms. The first kappa shape index (κ1) is 15.2. The molecule has 0 amide bonds. The second kappa shape index (κ2) is 6.99. The van der Waals surface area contributed by atoms with Crippen LogP contribution in [0.3, 0.4) is 0 Å². The molecule has 0 saturated carbocycles. The van der Waals surface area contributed by atoms with Gasteiger partial charge in [-0.25, -0.2) is 14.8 Å². The molecule has 0 aliphatic rings. The zero-order valence-corrected chi connectivity index (χ0v) is 12.8. The number of carbonyl (C=O) groups is 1. The topological polar surface area (TPSA) is 64.1 Å². The molecule has 0 saturated heterocycles. The van der Waals surface area contributed by atoms with Crippen LogP contribution in [-0.4, -0.2) is 23.0 Å². The summed E-state index contributed by atoms with van der Waals surface area (Å²) in [5.41, 5.74) is 1.23. The van der Waals surface area contributed by atoms with Crippen LogP contribution < -0.4 is 5.32 Å². The molecule has 0 atom stereocenters. The Hall–Kier alpha value is -1.21. The third kappa shape index (κ3) is 3.89. The van der Waals surface area contributed by atoms with Crippen molar-refractivity contribution in [2.75, 3.05) is 7.11 Å². The van der Waals surface area contributed by atoms with E-state index in [1.54, 1.807) is 12.3 Å². The predicted molar refractivity (Wildman–Crippen MR) is 78.3 cm³/mol. The summed E-state index contributed by atoms with van der Waals surface area (Å²) in [6.45, 7) is 1.17. The van der Waals surface area contributed by atoms with Crippen LogP contribution >= 0.6 is 34.5 Å². The van der Waals surface area contributed by atoms with Gasteiger partial charge in [-0.05, 0) is 11.6 Å². The number of esters is 1. The van der Waals surface area contributed by atoms with Gasteiger partial charge in [0.2, 0.25) is 0 Å². The number of nitrogens with zero attached hydrogens (tertiary/aromatic N) is 2. The lowest BCUT2D eigenvalue weighted by Crippen LogP contribution is -2.13. The van der Waals surface area contributed by atoms with Gasteiger partial charge in [0.15, 0.2) is 4.47 Å². The minimum atomic E-state index is -0.449. The maximum Gasteiger partial charge on any atom is 0.356 e. The number of halogens is 2. The van der Waals surface area contributed by atoms with Gasteiger partial charge in [-0.15, -0.1) is 11.3 Å². The number of nitrogens with one attached hydrogen (secondary N) is 1. The summed E-state index contributed by atoms with van der Waals surface area (Å²) in [7, 11) is 1.32. The van der Waals surface area contributed by atoms with Crippen LogP contribution in [0.5, 0.6) is 0 Å². The van der Waals surface area contributed by atoms with E-state index in [0.717, 1.165) is 10.4 Å². The lowest BCUT2D eigenvalue weighted by molar-refractivity contribution is 0.0594. The van der Waals surface area contributed by atoms with Crippen LogP contribution in [0.2, 0.25) is 9.62 Å². The maximum absolute atomic E-state index is 11.2. The average Bonchev–Trinajstić information content (AvgIpc) is 2.77. The molecule has 0 spiro atoms. The number of hydrogen-bond donors (Lipinski definition) is 1. The van der Waals surface area contributed by atoms with E-state index in [2.05, 4.69) is 20.0 Å². The van der Waals surface area contributed by atoms with Crippen molar-refractivity contribution in [2.45, 2.75) is 13.1 Å². The molecule has 2 rings (SSSR count). The minimum Gasteiger partial charge on any atom is -0.464 e. The molecule has 20 heavy (non-hydrogen) atoms. The summed E-state index contributed by atoms with van der Waals surface area (Å²) in [6, 6.07) is 3.44. The highest BCUT2D eigenvalue weighted by Gasteiger charge is 2.08. The van der Waals surface area contributed by atoms with Crippen molar-refractivity contribution in [3.05, 3.63) is 44.1 Å². The molecule has 0 aliphatic heterocycles. The molecule has 8 heteroatoms. The highest BCUT2D eigenvalue weighted by Crippen LogP contribution is 2.26. The number of carbonyl (C=O) groups excluding carboxylic acids is 1. The summed E-state index contributed by atoms with van der Waals surface area (Å²) in [5, 5.41) is 3.63. The zero-order valence-electron chi connectivity index (χ0n) is 10.5. The first-order chi connectivity index (χ1) is 9.60. The van der Waals surface area contributed by atoms with Crippen LogP contribution in [0, 0.1) is 0 Å². The van der Waals surface area contributed by atoms with E-state index in [1.165, 1.54) is 18.4 Å². The Balaban J connectivity index is 1.88. The van der Waals surface area contributed by atoms with Gasteiger partial charge < -0.3 is 10.1 Å². The van der Waals surface area contributed by atoms with Crippen LogP contribution in [0.25, 0.3) is 0 Å². The summed E-state index contributed by atoms with van der Waals surface area (Å²) in [5.74, 6) is -0.449. The third-order valence-electron chi connectivity index (χ3n) is 2.46. The number of hydrogen-bond acceptors (Lipinski definition) is 6. The molecule has 2 aromatic heterocycles. The monoisotopic (exact) mass is 331 g/mol. The Kier molecular flexibility index (Phi) is 5.31. The summed E-state index contributed by atoms with van der Waals surface area (Å²) < 4.78 is 5.01. The number of aromatic nitrogens is 2. The SMILES string of the molecule is COC(=O)c1ccc(CNCc2sc(Cl)nc2Cl)cn1. The number of pyridine rings is 1. The average molecular weight is 332 g/mol. The van der Waals surface area contributed by atoms with Gasteiger partial charge in [0.1, 0.15) is 10.8 Å². The van der Waals surface area contributed by atoms with E-state index in [-0.39, 0.29) is 5.69 Å². The molecule has 0 aliphatic carbocycles. The van der Waals surface area contributed by atoms with E-state index in [4.69, 9.17) is 23.2 Å². The Morgan fingerprint density at radius 2 is 2.20 bits per heavy atom. The number of methoxy groups -OCH3 is 1. The first-order valence-corrected chi connectivity index (χ1v) is 7.22. The first-order valence-electron chi connectivity index (χ1n) is 5.65. The van der Waals surface area contributed by atoms with Crippen molar-refractivity contribution < 1.29 is 9.53 Å².